The van der Waals surface area contributed by atoms with Crippen molar-refractivity contribution in [2.75, 3.05) is 7.05 Å². The van der Waals surface area contributed by atoms with E-state index < -0.39 is 5.97 Å². The van der Waals surface area contributed by atoms with E-state index in [-0.39, 0.29) is 18.3 Å². The summed E-state index contributed by atoms with van der Waals surface area (Å²) in [5.74, 6) is -0.875. The number of carboxylic acids is 1. The Labute approximate surface area is 122 Å². The number of carbonyl (C=O) groups excluding carboxylic acids is 1. The van der Waals surface area contributed by atoms with Crippen LogP contribution >= 0.6 is 0 Å². The van der Waals surface area contributed by atoms with Crippen molar-refractivity contribution < 1.29 is 19.1 Å². The van der Waals surface area contributed by atoms with Crippen LogP contribution in [0.25, 0.3) is 0 Å². The van der Waals surface area contributed by atoms with Crippen LogP contribution in [0.5, 0.6) is 0 Å². The molecule has 21 heavy (non-hydrogen) atoms. The van der Waals surface area contributed by atoms with E-state index in [0.717, 1.165) is 5.56 Å². The van der Waals surface area contributed by atoms with E-state index >= 15 is 0 Å². The second-order valence-electron chi connectivity index (χ2n) is 4.57. The molecule has 2 N–H and O–H groups in total. The number of hydrogen-bond acceptors (Lipinski definition) is 3. The number of carboxylic acid groups (broad SMARTS) is 1. The van der Waals surface area contributed by atoms with Crippen LogP contribution in [0.2, 0.25) is 0 Å². The average Bonchev–Trinajstić information content (AvgIpc) is 2.95. The van der Waals surface area contributed by atoms with Crippen molar-refractivity contribution in [1.29, 1.82) is 0 Å². The van der Waals surface area contributed by atoms with Gasteiger partial charge in [0.05, 0.1) is 6.54 Å². The van der Waals surface area contributed by atoms with Crippen LogP contribution in [0.3, 0.4) is 0 Å². The van der Waals surface area contributed by atoms with Crippen LogP contribution < -0.4 is 5.32 Å². The first kappa shape index (κ1) is 14.6. The molecule has 0 aliphatic carbocycles. The number of rotatable bonds is 5. The van der Waals surface area contributed by atoms with Gasteiger partial charge in [-0.25, -0.2) is 9.59 Å². The lowest BCUT2D eigenvalue weighted by Crippen LogP contribution is -2.36. The maximum absolute atomic E-state index is 11.9. The molecule has 0 fully saturated rings. The second-order valence-corrected chi connectivity index (χ2v) is 4.57. The minimum atomic E-state index is -1.13. The van der Waals surface area contributed by atoms with E-state index in [4.69, 9.17) is 9.52 Å². The normalized spacial score (nSPS) is 10.1. The molecule has 0 atom stereocenters. The summed E-state index contributed by atoms with van der Waals surface area (Å²) in [7, 11) is 1.69. The van der Waals surface area contributed by atoms with Gasteiger partial charge in [0.1, 0.15) is 5.76 Å². The molecule has 6 nitrogen and oxygen atoms in total. The Kier molecular flexibility index (Phi) is 4.61. The van der Waals surface area contributed by atoms with Crippen molar-refractivity contribution >= 4 is 12.0 Å². The van der Waals surface area contributed by atoms with Gasteiger partial charge in [-0.15, -0.1) is 0 Å². The number of nitrogens with zero attached hydrogens (tertiary/aromatic N) is 1. The van der Waals surface area contributed by atoms with Gasteiger partial charge in [-0.05, 0) is 17.7 Å². The molecule has 0 saturated heterocycles. The molecule has 0 unspecified atom stereocenters. The maximum Gasteiger partial charge on any atom is 0.371 e. The van der Waals surface area contributed by atoms with Crippen LogP contribution in [-0.2, 0) is 13.1 Å². The van der Waals surface area contributed by atoms with E-state index in [1.807, 2.05) is 30.3 Å². The molecule has 0 aliphatic rings. The van der Waals surface area contributed by atoms with Crippen molar-refractivity contribution in [3.8, 4) is 0 Å². The fraction of sp³-hybridized carbons (Fsp3) is 0.200. The molecule has 0 spiro atoms. The van der Waals surface area contributed by atoms with Gasteiger partial charge in [-0.2, -0.15) is 0 Å². The van der Waals surface area contributed by atoms with E-state index in [1.165, 1.54) is 17.0 Å². The van der Waals surface area contributed by atoms with Gasteiger partial charge in [-0.1, -0.05) is 30.3 Å². The van der Waals surface area contributed by atoms with E-state index in [1.54, 1.807) is 7.05 Å². The molecule has 2 rings (SSSR count). The predicted molar refractivity (Wildman–Crippen MR) is 75.8 cm³/mol. The smallest absolute Gasteiger partial charge is 0.371 e. The molecule has 0 aliphatic heterocycles. The number of hydrogen-bond donors (Lipinski definition) is 2. The van der Waals surface area contributed by atoms with Gasteiger partial charge in [0, 0.05) is 13.6 Å². The van der Waals surface area contributed by atoms with Gasteiger partial charge >= 0.3 is 12.0 Å². The lowest BCUT2D eigenvalue weighted by molar-refractivity contribution is 0.0660. The number of urea groups is 1. The van der Waals surface area contributed by atoms with Crippen molar-refractivity contribution in [1.82, 2.24) is 10.2 Å². The lowest BCUT2D eigenvalue weighted by atomic mass is 10.2. The fourth-order valence-corrected chi connectivity index (χ4v) is 1.81. The van der Waals surface area contributed by atoms with Gasteiger partial charge in [0.2, 0.25) is 5.76 Å². The zero-order valence-corrected chi connectivity index (χ0v) is 11.6. The van der Waals surface area contributed by atoms with Crippen LogP contribution in [0.15, 0.2) is 46.9 Å². The van der Waals surface area contributed by atoms with E-state index in [9.17, 15) is 9.59 Å². The Morgan fingerprint density at radius 1 is 1.19 bits per heavy atom. The summed E-state index contributed by atoms with van der Waals surface area (Å²) < 4.78 is 5.06. The quantitative estimate of drug-likeness (QED) is 0.884. The Morgan fingerprint density at radius 3 is 2.52 bits per heavy atom. The molecule has 6 heteroatoms. The standard InChI is InChI=1S/C15H16N2O4/c1-17(10-11-5-3-2-4-6-11)15(20)16-9-12-7-8-13(21-12)14(18)19/h2-8H,9-10H2,1H3,(H,16,20)(H,18,19). The first-order valence-corrected chi connectivity index (χ1v) is 6.41. The summed E-state index contributed by atoms with van der Waals surface area (Å²) in [6.45, 7) is 0.635. The molecule has 0 radical (unpaired) electrons. The summed E-state index contributed by atoms with van der Waals surface area (Å²) in [4.78, 5) is 24.1. The summed E-state index contributed by atoms with van der Waals surface area (Å²) in [6.07, 6.45) is 0. The van der Waals surface area contributed by atoms with Gasteiger partial charge in [-0.3, -0.25) is 0 Å². The Hall–Kier alpha value is -2.76. The Morgan fingerprint density at radius 2 is 1.90 bits per heavy atom. The van der Waals surface area contributed by atoms with E-state index in [2.05, 4.69) is 5.32 Å². The topological polar surface area (TPSA) is 82.8 Å². The first-order valence-electron chi connectivity index (χ1n) is 6.41. The summed E-state index contributed by atoms with van der Waals surface area (Å²) in [5.41, 5.74) is 1.03. The van der Waals surface area contributed by atoms with Gasteiger partial charge in [0.25, 0.3) is 0 Å². The number of nitrogens with one attached hydrogen (secondary N) is 1. The van der Waals surface area contributed by atoms with Gasteiger partial charge in [0.15, 0.2) is 0 Å². The Bertz CT molecular complexity index is 622. The highest BCUT2D eigenvalue weighted by Gasteiger charge is 2.12. The minimum Gasteiger partial charge on any atom is -0.475 e. The first-order chi connectivity index (χ1) is 10.1. The number of aromatic carboxylic acids is 1. The van der Waals surface area contributed by atoms with Crippen molar-refractivity contribution in [2.24, 2.45) is 0 Å². The van der Waals surface area contributed by atoms with E-state index in [0.29, 0.717) is 12.3 Å². The molecule has 1 heterocycles. The third-order valence-electron chi connectivity index (χ3n) is 2.90. The molecular weight excluding hydrogens is 272 g/mol. The van der Waals surface area contributed by atoms with Crippen LogP contribution in [0.1, 0.15) is 21.9 Å². The number of amides is 2. The fourth-order valence-electron chi connectivity index (χ4n) is 1.81. The minimum absolute atomic E-state index is 0.142. The molecule has 0 bridgehead atoms. The zero-order valence-electron chi connectivity index (χ0n) is 11.6. The molecule has 2 amide bonds. The summed E-state index contributed by atoms with van der Waals surface area (Å²) >= 11 is 0. The van der Waals surface area contributed by atoms with Crippen molar-refractivity contribution in [3.63, 3.8) is 0 Å². The average molecular weight is 288 g/mol. The molecule has 0 saturated carbocycles. The molecule has 110 valence electrons. The monoisotopic (exact) mass is 288 g/mol. The summed E-state index contributed by atoms with van der Waals surface area (Å²) in [5, 5.41) is 11.4. The Balaban J connectivity index is 1.84. The second kappa shape index (κ2) is 6.60. The number of carbonyl (C=O) groups is 2. The predicted octanol–water partition coefficient (Wildman–Crippen LogP) is 2.32. The van der Waals surface area contributed by atoms with Gasteiger partial charge < -0.3 is 19.7 Å². The molecular formula is C15H16N2O4. The summed E-state index contributed by atoms with van der Waals surface area (Å²) in [6, 6.07) is 12.3. The van der Waals surface area contributed by atoms with Crippen LogP contribution in [-0.4, -0.2) is 29.1 Å². The zero-order chi connectivity index (χ0) is 15.2. The van der Waals surface area contributed by atoms with Crippen LogP contribution in [0, 0.1) is 0 Å². The van der Waals surface area contributed by atoms with Crippen LogP contribution in [0.4, 0.5) is 4.79 Å². The third kappa shape index (κ3) is 4.10. The number of furan rings is 1. The maximum atomic E-state index is 11.9. The lowest BCUT2D eigenvalue weighted by Gasteiger charge is -2.17. The largest absolute Gasteiger partial charge is 0.475 e. The highest BCUT2D eigenvalue weighted by Crippen LogP contribution is 2.08. The van der Waals surface area contributed by atoms with Crippen molar-refractivity contribution in [3.05, 3.63) is 59.5 Å². The molecule has 1 aromatic carbocycles. The van der Waals surface area contributed by atoms with Crippen molar-refractivity contribution in [2.45, 2.75) is 13.1 Å². The third-order valence-corrected chi connectivity index (χ3v) is 2.90. The molecule has 2 aromatic rings. The number of benzene rings is 1. The highest BCUT2D eigenvalue weighted by atomic mass is 16.4. The molecule has 1 aromatic heterocycles. The SMILES string of the molecule is CN(Cc1ccccc1)C(=O)NCc1ccc(C(=O)O)o1. The highest BCUT2D eigenvalue weighted by molar-refractivity contribution is 5.84.